The summed E-state index contributed by atoms with van der Waals surface area (Å²) in [6.45, 7) is 6.81. The normalized spacial score (nSPS) is 29.4. The fourth-order valence-electron chi connectivity index (χ4n) is 5.24. The molecule has 3 saturated heterocycles. The van der Waals surface area contributed by atoms with Gasteiger partial charge in [-0.1, -0.05) is 55.3 Å². The number of hydrogen-bond acceptors (Lipinski definition) is 4. The number of piperidine rings is 2. The van der Waals surface area contributed by atoms with Gasteiger partial charge in [0.05, 0.1) is 0 Å². The van der Waals surface area contributed by atoms with Gasteiger partial charge in [0.15, 0.2) is 6.29 Å². The first kappa shape index (κ1) is 19.5. The standard InChI is InChI=1S/C25H34N2O2/c1-5-14-26(15-6-1)18-23-24(19-27-16-7-2-8-17-27)29-25(28-23)22-13-9-11-20-10-3-4-12-21(20)22/h3-4,9-13,23-25H,1-2,5-8,14-19H2. The van der Waals surface area contributed by atoms with E-state index in [4.69, 9.17) is 9.47 Å². The summed E-state index contributed by atoms with van der Waals surface area (Å²) >= 11 is 0. The van der Waals surface area contributed by atoms with Crippen LogP contribution in [-0.2, 0) is 9.47 Å². The number of hydrogen-bond donors (Lipinski definition) is 0. The Morgan fingerprint density at radius 2 is 1.21 bits per heavy atom. The van der Waals surface area contributed by atoms with Crippen LogP contribution in [0, 0.1) is 0 Å². The summed E-state index contributed by atoms with van der Waals surface area (Å²) < 4.78 is 13.2. The van der Waals surface area contributed by atoms with Crippen LogP contribution in [0.15, 0.2) is 42.5 Å². The molecule has 2 unspecified atom stereocenters. The third-order valence-corrected chi connectivity index (χ3v) is 6.86. The molecule has 0 amide bonds. The average Bonchev–Trinajstić information content (AvgIpc) is 3.16. The van der Waals surface area contributed by atoms with Crippen molar-refractivity contribution in [1.82, 2.24) is 9.80 Å². The van der Waals surface area contributed by atoms with E-state index < -0.39 is 0 Å². The third-order valence-electron chi connectivity index (χ3n) is 6.86. The maximum absolute atomic E-state index is 6.62. The molecule has 0 N–H and O–H groups in total. The highest BCUT2D eigenvalue weighted by atomic mass is 16.7. The molecule has 3 fully saturated rings. The molecule has 29 heavy (non-hydrogen) atoms. The van der Waals surface area contributed by atoms with Crippen molar-refractivity contribution in [3.63, 3.8) is 0 Å². The summed E-state index contributed by atoms with van der Waals surface area (Å²) in [5.41, 5.74) is 1.17. The lowest BCUT2D eigenvalue weighted by Crippen LogP contribution is -2.45. The molecule has 0 aliphatic carbocycles. The molecule has 0 aromatic heterocycles. The van der Waals surface area contributed by atoms with Crippen LogP contribution in [0.1, 0.15) is 50.4 Å². The quantitative estimate of drug-likeness (QED) is 0.740. The predicted molar refractivity (Wildman–Crippen MR) is 117 cm³/mol. The van der Waals surface area contributed by atoms with Crippen molar-refractivity contribution in [2.75, 3.05) is 39.3 Å². The molecule has 4 nitrogen and oxygen atoms in total. The summed E-state index contributed by atoms with van der Waals surface area (Å²) in [6, 6.07) is 15.0. The Morgan fingerprint density at radius 1 is 0.655 bits per heavy atom. The second kappa shape index (κ2) is 9.13. The summed E-state index contributed by atoms with van der Waals surface area (Å²) in [5.74, 6) is 0. The maximum atomic E-state index is 6.62. The van der Waals surface area contributed by atoms with E-state index in [0.29, 0.717) is 0 Å². The van der Waals surface area contributed by atoms with E-state index in [-0.39, 0.29) is 18.5 Å². The van der Waals surface area contributed by atoms with Crippen molar-refractivity contribution >= 4 is 10.8 Å². The topological polar surface area (TPSA) is 24.9 Å². The minimum absolute atomic E-state index is 0.152. The average molecular weight is 395 g/mol. The first-order chi connectivity index (χ1) is 14.4. The Bertz CT molecular complexity index is 765. The zero-order valence-corrected chi connectivity index (χ0v) is 17.5. The van der Waals surface area contributed by atoms with Crippen molar-refractivity contribution in [3.05, 3.63) is 48.0 Å². The largest absolute Gasteiger partial charge is 0.341 e. The number of benzene rings is 2. The van der Waals surface area contributed by atoms with Gasteiger partial charge in [0.1, 0.15) is 12.2 Å². The van der Waals surface area contributed by atoms with Crippen LogP contribution in [0.25, 0.3) is 10.8 Å². The first-order valence-corrected chi connectivity index (χ1v) is 11.6. The van der Waals surface area contributed by atoms with Gasteiger partial charge in [0, 0.05) is 18.7 Å². The minimum Gasteiger partial charge on any atom is -0.341 e. The molecular weight excluding hydrogens is 360 g/mol. The van der Waals surface area contributed by atoms with Gasteiger partial charge in [-0.05, 0) is 62.6 Å². The highest BCUT2D eigenvalue weighted by Crippen LogP contribution is 2.36. The Balaban J connectivity index is 1.36. The second-order valence-corrected chi connectivity index (χ2v) is 8.97. The van der Waals surface area contributed by atoms with E-state index in [1.807, 2.05) is 0 Å². The zero-order valence-electron chi connectivity index (χ0n) is 17.5. The summed E-state index contributed by atoms with van der Waals surface area (Å²) in [5, 5.41) is 2.50. The van der Waals surface area contributed by atoms with E-state index in [2.05, 4.69) is 52.3 Å². The highest BCUT2D eigenvalue weighted by Gasteiger charge is 2.39. The Labute approximate surface area is 174 Å². The lowest BCUT2D eigenvalue weighted by molar-refractivity contribution is -0.0731. The molecule has 3 aliphatic heterocycles. The van der Waals surface area contributed by atoms with Gasteiger partial charge < -0.3 is 19.3 Å². The van der Waals surface area contributed by atoms with Crippen molar-refractivity contribution in [3.8, 4) is 0 Å². The van der Waals surface area contributed by atoms with E-state index >= 15 is 0 Å². The molecule has 0 spiro atoms. The van der Waals surface area contributed by atoms with Gasteiger partial charge in [-0.3, -0.25) is 0 Å². The van der Waals surface area contributed by atoms with Gasteiger partial charge in [-0.15, -0.1) is 0 Å². The fraction of sp³-hybridized carbons (Fsp3) is 0.600. The summed E-state index contributed by atoms with van der Waals surface area (Å²) in [7, 11) is 0. The molecule has 3 aliphatic rings. The summed E-state index contributed by atoms with van der Waals surface area (Å²) in [6.07, 6.45) is 8.05. The van der Waals surface area contributed by atoms with Gasteiger partial charge in [-0.2, -0.15) is 0 Å². The van der Waals surface area contributed by atoms with Crippen LogP contribution in [-0.4, -0.2) is 61.3 Å². The van der Waals surface area contributed by atoms with Crippen molar-refractivity contribution in [2.45, 2.75) is 57.0 Å². The fourth-order valence-corrected chi connectivity index (χ4v) is 5.24. The number of rotatable bonds is 5. The molecule has 2 aromatic rings. The molecule has 156 valence electrons. The maximum Gasteiger partial charge on any atom is 0.185 e. The molecule has 2 aromatic carbocycles. The van der Waals surface area contributed by atoms with Crippen molar-refractivity contribution < 1.29 is 9.47 Å². The van der Waals surface area contributed by atoms with Crippen LogP contribution in [0.2, 0.25) is 0 Å². The minimum atomic E-state index is -0.259. The van der Waals surface area contributed by atoms with Crippen molar-refractivity contribution in [1.29, 1.82) is 0 Å². The zero-order chi connectivity index (χ0) is 19.5. The Hall–Kier alpha value is -1.46. The van der Waals surface area contributed by atoms with E-state index in [0.717, 1.165) is 13.1 Å². The second-order valence-electron chi connectivity index (χ2n) is 8.97. The number of nitrogens with zero attached hydrogens (tertiary/aromatic N) is 2. The third kappa shape index (κ3) is 4.51. The molecule has 5 rings (SSSR count). The molecule has 0 saturated carbocycles. The molecular formula is C25H34N2O2. The van der Waals surface area contributed by atoms with Crippen LogP contribution in [0.4, 0.5) is 0 Å². The number of ether oxygens (including phenoxy) is 2. The Morgan fingerprint density at radius 3 is 1.83 bits per heavy atom. The van der Waals surface area contributed by atoms with Crippen LogP contribution in [0.3, 0.4) is 0 Å². The molecule has 2 atom stereocenters. The monoisotopic (exact) mass is 394 g/mol. The summed E-state index contributed by atoms with van der Waals surface area (Å²) in [4.78, 5) is 5.18. The molecule has 0 bridgehead atoms. The molecule has 4 heteroatoms. The van der Waals surface area contributed by atoms with Gasteiger partial charge >= 0.3 is 0 Å². The van der Waals surface area contributed by atoms with Crippen LogP contribution >= 0.6 is 0 Å². The predicted octanol–water partition coefficient (Wildman–Crippen LogP) is 4.59. The first-order valence-electron chi connectivity index (χ1n) is 11.6. The molecule has 3 heterocycles. The Kier molecular flexibility index (Phi) is 6.14. The lowest BCUT2D eigenvalue weighted by Gasteiger charge is -2.33. The number of fused-ring (bicyclic) bond motifs is 1. The van der Waals surface area contributed by atoms with E-state index in [1.54, 1.807) is 0 Å². The van der Waals surface area contributed by atoms with E-state index in [9.17, 15) is 0 Å². The highest BCUT2D eigenvalue weighted by molar-refractivity contribution is 5.85. The van der Waals surface area contributed by atoms with Crippen LogP contribution < -0.4 is 0 Å². The van der Waals surface area contributed by atoms with Gasteiger partial charge in [0.25, 0.3) is 0 Å². The van der Waals surface area contributed by atoms with Gasteiger partial charge in [0.2, 0.25) is 0 Å². The SMILES string of the molecule is c1ccc2c(C3OC(CN4CCCCC4)C(CN4CCCCC4)O3)cccc2c1. The van der Waals surface area contributed by atoms with Crippen LogP contribution in [0.5, 0.6) is 0 Å². The van der Waals surface area contributed by atoms with E-state index in [1.165, 1.54) is 81.0 Å². The van der Waals surface area contributed by atoms with Crippen molar-refractivity contribution in [2.24, 2.45) is 0 Å². The smallest absolute Gasteiger partial charge is 0.185 e. The number of likely N-dealkylation sites (tertiary alicyclic amines) is 2. The lowest BCUT2D eigenvalue weighted by atomic mass is 10.0. The van der Waals surface area contributed by atoms with Gasteiger partial charge in [-0.25, -0.2) is 0 Å². The molecule has 0 radical (unpaired) electrons.